The van der Waals surface area contributed by atoms with Crippen molar-refractivity contribution in [1.82, 2.24) is 0 Å². The van der Waals surface area contributed by atoms with Gasteiger partial charge in [-0.15, -0.1) is 0 Å². The van der Waals surface area contributed by atoms with Gasteiger partial charge in [-0.05, 0) is 11.1 Å². The monoisotopic (exact) mass is 1310 g/mol. The number of hydrogen-bond acceptors (Lipinski definition) is 31. The topological polar surface area (TPSA) is 372 Å². The van der Waals surface area contributed by atoms with Crippen molar-refractivity contribution in [2.45, 2.75) is 212 Å². The lowest BCUT2D eigenvalue weighted by Gasteiger charge is -2.49. The predicted molar refractivity (Wildman–Crippen MR) is 296 cm³/mol. The molecule has 0 aliphatic carbocycles. The molecule has 0 saturated carbocycles. The van der Waals surface area contributed by atoms with Gasteiger partial charge >= 0.3 is 65.7 Å². The minimum atomic E-state index is -2.56. The van der Waals surface area contributed by atoms with Crippen molar-refractivity contribution in [3.8, 4) is 0 Å². The Kier molecular flexibility index (Phi) is 27.6. The fourth-order valence-corrected chi connectivity index (χ4v) is 10.3. The maximum Gasteiger partial charge on any atom is 0.303 e. The molecule has 6 rings (SSSR count). The van der Waals surface area contributed by atoms with E-state index in [-0.39, 0.29) is 13.2 Å². The summed E-state index contributed by atoms with van der Waals surface area (Å²) in [6.07, 6.45) is -37.3. The Morgan fingerprint density at radius 2 is 0.598 bits per heavy atom. The average Bonchev–Trinajstić information content (AvgIpc) is 0.790. The van der Waals surface area contributed by atoms with Gasteiger partial charge in [0.1, 0.15) is 62.5 Å². The maximum atomic E-state index is 17.7. The maximum absolute atomic E-state index is 17.7. The van der Waals surface area contributed by atoms with Crippen LogP contribution >= 0.6 is 0 Å². The third kappa shape index (κ3) is 21.6. The van der Waals surface area contributed by atoms with Crippen LogP contribution in [0.2, 0.25) is 0 Å². The molecule has 0 unspecified atom stereocenters. The van der Waals surface area contributed by atoms with Crippen molar-refractivity contribution in [1.29, 1.82) is 0 Å². The highest BCUT2D eigenvalue weighted by Crippen LogP contribution is 2.39. The van der Waals surface area contributed by atoms with Crippen molar-refractivity contribution in [2.24, 2.45) is 0 Å². The molecule has 0 spiro atoms. The number of hydrogen-bond donors (Lipinski definition) is 0. The van der Waals surface area contributed by atoms with Crippen LogP contribution in [0.1, 0.15) is 87.3 Å². The molecule has 2 aromatic carbocycles. The van der Waals surface area contributed by atoms with Gasteiger partial charge in [-0.2, -0.15) is 0 Å². The van der Waals surface area contributed by atoms with Gasteiger partial charge in [0.15, 0.2) is 73.8 Å². The summed E-state index contributed by atoms with van der Waals surface area (Å²) in [5.41, 5.74) is 1.04. The first-order valence-electron chi connectivity index (χ1n) is 28.9. The molecule has 31 nitrogen and oxygen atoms in total. The summed E-state index contributed by atoms with van der Waals surface area (Å²) in [6, 6.07) is 16.9. The number of alkyl halides is 1. The molecular formula is C60H75FO31. The van der Waals surface area contributed by atoms with Crippen LogP contribution in [0.4, 0.5) is 4.39 Å². The molecule has 4 heterocycles. The predicted octanol–water partition coefficient (Wildman–Crippen LogP) is 1.96. The van der Waals surface area contributed by atoms with Crippen LogP contribution in [-0.4, -0.2) is 215 Å². The molecule has 32 heteroatoms. The number of esters is 11. The summed E-state index contributed by atoms with van der Waals surface area (Å²) in [5, 5.41) is 0. The smallest absolute Gasteiger partial charge is 0.303 e. The zero-order chi connectivity index (χ0) is 67.5. The van der Waals surface area contributed by atoms with E-state index in [4.69, 9.17) is 94.7 Å². The number of carbonyl (C=O) groups is 11. The molecule has 0 N–H and O–H groups in total. The zero-order valence-electron chi connectivity index (χ0n) is 52.1. The van der Waals surface area contributed by atoms with E-state index < -0.39 is 215 Å². The lowest BCUT2D eigenvalue weighted by atomic mass is 9.95. The van der Waals surface area contributed by atoms with E-state index in [0.717, 1.165) is 76.2 Å². The molecule has 2 aromatic rings. The van der Waals surface area contributed by atoms with Gasteiger partial charge < -0.3 is 94.7 Å². The molecule has 0 aromatic heterocycles. The van der Waals surface area contributed by atoms with Crippen molar-refractivity contribution in [2.75, 3.05) is 26.4 Å². The normalized spacial score (nSPS) is 31.0. The third-order valence-corrected chi connectivity index (χ3v) is 13.7. The molecule has 20 atom stereocenters. The zero-order valence-corrected chi connectivity index (χ0v) is 52.1. The Morgan fingerprint density at radius 3 is 0.946 bits per heavy atom. The van der Waals surface area contributed by atoms with Crippen LogP contribution in [-0.2, 0) is 161 Å². The molecule has 4 aliphatic rings. The standard InChI is InChI=1S/C60H75FO31/c1-28(62)73-24-42-46(79-31(4)65)50(82-34(7)68)54(92-60-56(86-38(11)72)52(84-36(9)70)48(81-33(6)67)44(90-60)26-75-30(3)64)58(88-42)78-27-41-45(76-22-39-18-14-12-15-19-39)49(53(57(61)87-41)77-23-40-20-16-13-17-21-40)91-59-55(85-37(10)71)51(83-35(8)69)47(80-32(5)66)43(89-59)25-74-29(2)63/h12-21,41-60H,22-27H2,1-11H3/t41-,42-,43-,44-,45-,46-,47-,48-,49+,50+,51+,52+,53+,54+,55+,56+,57+,58+,59-,60-/m1/s1. The molecule has 4 aliphatic heterocycles. The van der Waals surface area contributed by atoms with Crippen LogP contribution in [0.5, 0.6) is 0 Å². The van der Waals surface area contributed by atoms with Crippen LogP contribution in [0.15, 0.2) is 60.7 Å². The molecule has 0 bridgehead atoms. The van der Waals surface area contributed by atoms with E-state index in [1.807, 2.05) is 0 Å². The number of benzene rings is 2. The van der Waals surface area contributed by atoms with Crippen LogP contribution in [0.25, 0.3) is 0 Å². The molecule has 4 saturated heterocycles. The van der Waals surface area contributed by atoms with E-state index in [1.165, 1.54) is 0 Å². The van der Waals surface area contributed by atoms with Gasteiger partial charge in [-0.3, -0.25) is 52.7 Å². The summed E-state index contributed by atoms with van der Waals surface area (Å²) < 4.78 is 137. The van der Waals surface area contributed by atoms with Crippen molar-refractivity contribution >= 4 is 65.7 Å². The van der Waals surface area contributed by atoms with Crippen LogP contribution < -0.4 is 0 Å². The molecule has 92 heavy (non-hydrogen) atoms. The first kappa shape index (κ1) is 73.2. The van der Waals surface area contributed by atoms with E-state index in [2.05, 4.69) is 0 Å². The number of rotatable bonds is 27. The van der Waals surface area contributed by atoms with Gasteiger partial charge in [0, 0.05) is 76.2 Å². The van der Waals surface area contributed by atoms with Crippen molar-refractivity contribution in [3.63, 3.8) is 0 Å². The summed E-state index contributed by atoms with van der Waals surface area (Å²) >= 11 is 0. The molecular weight excluding hydrogens is 1240 g/mol. The van der Waals surface area contributed by atoms with Gasteiger partial charge in [-0.25, -0.2) is 4.39 Å². The Hall–Kier alpha value is -7.82. The van der Waals surface area contributed by atoms with E-state index >= 15 is 4.39 Å². The Bertz CT molecular complexity index is 2860. The van der Waals surface area contributed by atoms with Gasteiger partial charge in [-0.1, -0.05) is 60.7 Å². The second kappa shape index (κ2) is 34.7. The second-order valence-electron chi connectivity index (χ2n) is 21.2. The van der Waals surface area contributed by atoms with Crippen molar-refractivity contribution in [3.05, 3.63) is 71.8 Å². The highest BCUT2D eigenvalue weighted by atomic mass is 19.1. The Morgan fingerprint density at radius 1 is 0.304 bits per heavy atom. The Labute approximate surface area is 526 Å². The number of ether oxygens (including phenoxy) is 20. The Balaban J connectivity index is 1.53. The lowest BCUT2D eigenvalue weighted by molar-refractivity contribution is -0.378. The van der Waals surface area contributed by atoms with Gasteiger partial charge in [0.25, 0.3) is 0 Å². The van der Waals surface area contributed by atoms with Crippen LogP contribution in [0.3, 0.4) is 0 Å². The highest BCUT2D eigenvalue weighted by Gasteiger charge is 2.60. The SMILES string of the molecule is CC(=O)OC[C@H]1O[C@H](O[C@@H]2[C@H](OCc3ccccc3)[C@@H](F)O[C@H](CO[C@H]3O[C@H](COC(C)=O)[C@@H](OC(C)=O)[C@H](OC(C)=O)[C@@H]3O[C@H]3O[C@H](COC(C)=O)[C@@H](OC(C)=O)[C@H](OC(C)=O)[C@@H]3OC(C)=O)[C@H]2OCc2ccccc2)[C@@H](OC(C)=O)[C@@H](OC(C)=O)[C@@H]1OC(C)=O. The fourth-order valence-electron chi connectivity index (χ4n) is 10.3. The highest BCUT2D eigenvalue weighted by molar-refractivity contribution is 5.71. The quantitative estimate of drug-likeness (QED) is 0.0911. The lowest BCUT2D eigenvalue weighted by Crippen LogP contribution is -2.68. The average molecular weight is 1310 g/mol. The first-order chi connectivity index (χ1) is 43.6. The van der Waals surface area contributed by atoms with E-state index in [0.29, 0.717) is 11.1 Å². The minimum absolute atomic E-state index is 0.316. The largest absolute Gasteiger partial charge is 0.463 e. The third-order valence-electron chi connectivity index (χ3n) is 13.7. The first-order valence-corrected chi connectivity index (χ1v) is 28.9. The van der Waals surface area contributed by atoms with Crippen LogP contribution in [0, 0.1) is 0 Å². The summed E-state index contributed by atoms with van der Waals surface area (Å²) in [7, 11) is 0. The van der Waals surface area contributed by atoms with E-state index in [1.54, 1.807) is 60.7 Å². The summed E-state index contributed by atoms with van der Waals surface area (Å²) in [5.74, 6) is -10.6. The molecule has 0 radical (unpaired) electrons. The van der Waals surface area contributed by atoms with Gasteiger partial charge in [0.2, 0.25) is 6.36 Å². The molecule has 0 amide bonds. The van der Waals surface area contributed by atoms with E-state index in [9.17, 15) is 52.7 Å². The van der Waals surface area contributed by atoms with Gasteiger partial charge in [0.05, 0.1) is 19.8 Å². The molecule has 508 valence electrons. The number of carbonyl (C=O) groups excluding carboxylic acids is 11. The summed E-state index contributed by atoms with van der Waals surface area (Å²) in [4.78, 5) is 140. The minimum Gasteiger partial charge on any atom is -0.463 e. The van der Waals surface area contributed by atoms with Crippen molar-refractivity contribution < 1.29 is 152 Å². The fraction of sp³-hybridized carbons (Fsp3) is 0.617. The second-order valence-corrected chi connectivity index (χ2v) is 21.2. The molecule has 4 fully saturated rings. The number of halogens is 1. The summed E-state index contributed by atoms with van der Waals surface area (Å²) in [6.45, 7) is 7.25.